The first-order chi connectivity index (χ1) is 11.2. The highest BCUT2D eigenvalue weighted by Crippen LogP contribution is 2.21. The van der Waals surface area contributed by atoms with Gasteiger partial charge in [0.1, 0.15) is 0 Å². The van der Waals surface area contributed by atoms with E-state index in [1.54, 1.807) is 0 Å². The Morgan fingerprint density at radius 1 is 0.870 bits per heavy atom. The minimum atomic E-state index is 0.107. The van der Waals surface area contributed by atoms with Gasteiger partial charge in [-0.25, -0.2) is 0 Å². The first-order valence-corrected chi connectivity index (χ1v) is 9.53. The second-order valence-corrected chi connectivity index (χ2v) is 7.51. The molecule has 0 aromatic rings. The van der Waals surface area contributed by atoms with Crippen LogP contribution >= 0.6 is 0 Å². The Hall–Kier alpha value is -1.10. The van der Waals surface area contributed by atoms with Gasteiger partial charge >= 0.3 is 0 Å². The van der Waals surface area contributed by atoms with Crippen LogP contribution < -0.4 is 5.32 Å². The van der Waals surface area contributed by atoms with Gasteiger partial charge in [-0.1, -0.05) is 19.3 Å². The SMILES string of the molecule is O=C(CN1CCC(C(=O)N2CCCCC2)C1)NC1CCCCC1. The van der Waals surface area contributed by atoms with Crippen molar-refractivity contribution in [1.82, 2.24) is 15.1 Å². The zero-order valence-electron chi connectivity index (χ0n) is 14.3. The van der Waals surface area contributed by atoms with E-state index < -0.39 is 0 Å². The van der Waals surface area contributed by atoms with Gasteiger partial charge in [-0.2, -0.15) is 0 Å². The Morgan fingerprint density at radius 2 is 1.57 bits per heavy atom. The van der Waals surface area contributed by atoms with Crippen LogP contribution in [-0.2, 0) is 9.59 Å². The van der Waals surface area contributed by atoms with Gasteiger partial charge in [-0.15, -0.1) is 0 Å². The van der Waals surface area contributed by atoms with Gasteiger partial charge < -0.3 is 10.2 Å². The maximum Gasteiger partial charge on any atom is 0.234 e. The van der Waals surface area contributed by atoms with Crippen LogP contribution in [0.25, 0.3) is 0 Å². The summed E-state index contributed by atoms with van der Waals surface area (Å²) in [6.07, 6.45) is 10.5. The second kappa shape index (κ2) is 8.13. The molecule has 1 aliphatic carbocycles. The predicted octanol–water partition coefficient (Wildman–Crippen LogP) is 1.77. The number of amides is 2. The molecule has 130 valence electrons. The first kappa shape index (κ1) is 16.7. The Labute approximate surface area is 139 Å². The molecule has 0 aromatic heterocycles. The van der Waals surface area contributed by atoms with Crippen LogP contribution in [0.1, 0.15) is 57.8 Å². The number of nitrogens with zero attached hydrogens (tertiary/aromatic N) is 2. The summed E-state index contributed by atoms with van der Waals surface area (Å²) in [5, 5.41) is 3.18. The zero-order chi connectivity index (χ0) is 16.1. The fourth-order valence-corrected chi connectivity index (χ4v) is 4.27. The maximum atomic E-state index is 12.5. The number of carbonyl (C=O) groups excluding carboxylic acids is 2. The molecule has 1 N–H and O–H groups in total. The number of rotatable bonds is 4. The van der Waals surface area contributed by atoms with E-state index in [-0.39, 0.29) is 11.8 Å². The summed E-state index contributed by atoms with van der Waals surface area (Å²) in [5.41, 5.74) is 0. The van der Waals surface area contributed by atoms with Crippen LogP contribution in [-0.4, -0.2) is 60.4 Å². The molecule has 1 atom stereocenters. The number of likely N-dealkylation sites (tertiary alicyclic amines) is 2. The fourth-order valence-electron chi connectivity index (χ4n) is 4.27. The molecule has 2 aliphatic heterocycles. The van der Waals surface area contributed by atoms with Crippen molar-refractivity contribution in [3.8, 4) is 0 Å². The highest BCUT2D eigenvalue weighted by molar-refractivity contribution is 5.80. The van der Waals surface area contributed by atoms with Crippen LogP contribution in [0.5, 0.6) is 0 Å². The topological polar surface area (TPSA) is 52.7 Å². The average molecular weight is 321 g/mol. The van der Waals surface area contributed by atoms with Crippen molar-refractivity contribution < 1.29 is 9.59 Å². The second-order valence-electron chi connectivity index (χ2n) is 7.51. The average Bonchev–Trinajstić information content (AvgIpc) is 3.04. The molecule has 5 heteroatoms. The summed E-state index contributed by atoms with van der Waals surface area (Å²) in [5.74, 6) is 0.568. The summed E-state index contributed by atoms with van der Waals surface area (Å²) < 4.78 is 0. The van der Waals surface area contributed by atoms with Gasteiger partial charge in [-0.3, -0.25) is 14.5 Å². The van der Waals surface area contributed by atoms with Crippen LogP contribution in [0, 0.1) is 5.92 Å². The number of carbonyl (C=O) groups is 2. The summed E-state index contributed by atoms with van der Waals surface area (Å²) in [6.45, 7) is 3.95. The largest absolute Gasteiger partial charge is 0.352 e. The number of hydrogen-bond acceptors (Lipinski definition) is 3. The van der Waals surface area contributed by atoms with Crippen molar-refractivity contribution in [2.75, 3.05) is 32.7 Å². The van der Waals surface area contributed by atoms with Gasteiger partial charge in [0.05, 0.1) is 12.5 Å². The number of hydrogen-bond donors (Lipinski definition) is 1. The Kier molecular flexibility index (Phi) is 5.92. The van der Waals surface area contributed by atoms with E-state index in [0.717, 1.165) is 58.3 Å². The van der Waals surface area contributed by atoms with Crippen LogP contribution in [0.4, 0.5) is 0 Å². The fraction of sp³-hybridized carbons (Fsp3) is 0.889. The molecule has 3 aliphatic rings. The van der Waals surface area contributed by atoms with Crippen molar-refractivity contribution in [3.05, 3.63) is 0 Å². The minimum absolute atomic E-state index is 0.107. The molecule has 0 aromatic carbocycles. The summed E-state index contributed by atoms with van der Waals surface area (Å²) >= 11 is 0. The van der Waals surface area contributed by atoms with Crippen LogP contribution in [0.2, 0.25) is 0 Å². The van der Waals surface area contributed by atoms with Gasteiger partial charge in [0.15, 0.2) is 0 Å². The Balaban J connectivity index is 1.40. The Morgan fingerprint density at radius 3 is 2.30 bits per heavy atom. The van der Waals surface area contributed by atoms with E-state index in [1.165, 1.54) is 25.7 Å². The molecule has 2 saturated heterocycles. The lowest BCUT2D eigenvalue weighted by Crippen LogP contribution is -2.43. The third-order valence-electron chi connectivity index (χ3n) is 5.63. The molecular weight excluding hydrogens is 290 g/mol. The van der Waals surface area contributed by atoms with E-state index in [0.29, 0.717) is 18.5 Å². The first-order valence-electron chi connectivity index (χ1n) is 9.53. The smallest absolute Gasteiger partial charge is 0.234 e. The van der Waals surface area contributed by atoms with Crippen molar-refractivity contribution in [3.63, 3.8) is 0 Å². The lowest BCUT2D eigenvalue weighted by Gasteiger charge is -2.29. The molecule has 23 heavy (non-hydrogen) atoms. The highest BCUT2D eigenvalue weighted by Gasteiger charge is 2.32. The van der Waals surface area contributed by atoms with Crippen molar-refractivity contribution in [1.29, 1.82) is 0 Å². The summed E-state index contributed by atoms with van der Waals surface area (Å²) in [4.78, 5) is 28.9. The summed E-state index contributed by atoms with van der Waals surface area (Å²) in [7, 11) is 0. The predicted molar refractivity (Wildman–Crippen MR) is 90.0 cm³/mol. The zero-order valence-corrected chi connectivity index (χ0v) is 14.3. The monoisotopic (exact) mass is 321 g/mol. The summed E-state index contributed by atoms with van der Waals surface area (Å²) in [6, 6.07) is 0.379. The molecule has 2 heterocycles. The standard InChI is InChI=1S/C18H31N3O2/c22-17(19-16-7-3-1-4-8-16)14-20-12-9-15(13-20)18(23)21-10-5-2-6-11-21/h15-16H,1-14H2,(H,19,22). The van der Waals surface area contributed by atoms with Gasteiger partial charge in [0.25, 0.3) is 0 Å². The third kappa shape index (κ3) is 4.69. The van der Waals surface area contributed by atoms with Crippen molar-refractivity contribution in [2.24, 2.45) is 5.92 Å². The molecular formula is C18H31N3O2. The molecule has 3 fully saturated rings. The maximum absolute atomic E-state index is 12.5. The van der Waals surface area contributed by atoms with Crippen LogP contribution in [0.15, 0.2) is 0 Å². The van der Waals surface area contributed by atoms with Gasteiger partial charge in [-0.05, 0) is 45.1 Å². The lowest BCUT2D eigenvalue weighted by atomic mass is 9.95. The molecule has 0 bridgehead atoms. The molecule has 1 saturated carbocycles. The third-order valence-corrected chi connectivity index (χ3v) is 5.63. The Bertz CT molecular complexity index is 414. The lowest BCUT2D eigenvalue weighted by molar-refractivity contribution is -0.136. The minimum Gasteiger partial charge on any atom is -0.352 e. The number of nitrogens with one attached hydrogen (secondary N) is 1. The van der Waals surface area contributed by atoms with Crippen molar-refractivity contribution in [2.45, 2.75) is 63.8 Å². The molecule has 0 radical (unpaired) electrons. The number of piperidine rings is 1. The van der Waals surface area contributed by atoms with Crippen LogP contribution in [0.3, 0.4) is 0 Å². The van der Waals surface area contributed by atoms with E-state index in [1.807, 2.05) is 4.90 Å². The van der Waals surface area contributed by atoms with E-state index in [9.17, 15) is 9.59 Å². The highest BCUT2D eigenvalue weighted by atomic mass is 16.2. The molecule has 5 nitrogen and oxygen atoms in total. The normalized spacial score (nSPS) is 27.1. The van der Waals surface area contributed by atoms with Gasteiger partial charge in [0, 0.05) is 25.7 Å². The molecule has 1 unspecified atom stereocenters. The van der Waals surface area contributed by atoms with E-state index in [4.69, 9.17) is 0 Å². The molecule has 2 amide bonds. The quantitative estimate of drug-likeness (QED) is 0.858. The molecule has 3 rings (SSSR count). The van der Waals surface area contributed by atoms with E-state index >= 15 is 0 Å². The van der Waals surface area contributed by atoms with Crippen molar-refractivity contribution >= 4 is 11.8 Å². The molecule has 0 spiro atoms. The van der Waals surface area contributed by atoms with Gasteiger partial charge in [0.2, 0.25) is 11.8 Å². The van der Waals surface area contributed by atoms with E-state index in [2.05, 4.69) is 10.2 Å².